The number of ether oxygens (including phenoxy) is 1. The molecule has 1 aromatic rings. The molecule has 0 radical (unpaired) electrons. The third kappa shape index (κ3) is 5.32. The van der Waals surface area contributed by atoms with Crippen LogP contribution in [-0.4, -0.2) is 31.7 Å². The van der Waals surface area contributed by atoms with Crippen LogP contribution in [-0.2, 0) is 4.74 Å². The Morgan fingerprint density at radius 3 is 3.06 bits per heavy atom. The lowest BCUT2D eigenvalue weighted by molar-refractivity contribution is 0.0747. The van der Waals surface area contributed by atoms with Crippen molar-refractivity contribution in [1.82, 2.24) is 5.32 Å². The molecule has 0 aliphatic carbocycles. The molecule has 1 rings (SSSR count). The van der Waals surface area contributed by atoms with Crippen LogP contribution < -0.4 is 11.1 Å². The Morgan fingerprint density at radius 2 is 2.39 bits per heavy atom. The summed E-state index contributed by atoms with van der Waals surface area (Å²) >= 11 is 1.44. The highest BCUT2D eigenvalue weighted by molar-refractivity contribution is 7.10. The van der Waals surface area contributed by atoms with Gasteiger partial charge in [-0.1, -0.05) is 11.8 Å². The van der Waals surface area contributed by atoms with Crippen LogP contribution in [0.15, 0.2) is 11.4 Å². The Morgan fingerprint density at radius 1 is 1.61 bits per heavy atom. The Balaban J connectivity index is 2.40. The molecule has 1 heterocycles. The van der Waals surface area contributed by atoms with Crippen molar-refractivity contribution in [3.05, 3.63) is 21.9 Å². The van der Waals surface area contributed by atoms with Crippen molar-refractivity contribution in [1.29, 1.82) is 0 Å². The molecule has 0 aliphatic rings. The summed E-state index contributed by atoms with van der Waals surface area (Å²) in [5.41, 5.74) is 5.92. The average Bonchev–Trinajstić information content (AvgIpc) is 2.80. The van der Waals surface area contributed by atoms with Crippen molar-refractivity contribution >= 4 is 17.2 Å². The van der Waals surface area contributed by atoms with Gasteiger partial charge >= 0.3 is 0 Å². The van der Waals surface area contributed by atoms with Crippen LogP contribution >= 0.6 is 11.3 Å². The van der Waals surface area contributed by atoms with E-state index in [2.05, 4.69) is 17.2 Å². The molecule has 3 N–H and O–H groups in total. The number of rotatable bonds is 5. The zero-order chi connectivity index (χ0) is 13.4. The smallest absolute Gasteiger partial charge is 0.252 e. The van der Waals surface area contributed by atoms with E-state index in [9.17, 15) is 4.79 Å². The van der Waals surface area contributed by atoms with Gasteiger partial charge in [-0.25, -0.2) is 0 Å². The number of nitrogens with two attached hydrogens (primary N) is 1. The first-order valence-electron chi connectivity index (χ1n) is 5.80. The molecule has 0 bridgehead atoms. The number of hydrogen-bond donors (Lipinski definition) is 2. The van der Waals surface area contributed by atoms with Gasteiger partial charge in [0.25, 0.3) is 5.91 Å². The minimum atomic E-state index is -0.0978. The predicted octanol–water partition coefficient (Wildman–Crippen LogP) is 1.21. The second-order valence-electron chi connectivity index (χ2n) is 3.88. The molecule has 4 nitrogen and oxygen atoms in total. The fraction of sp³-hybridized carbons (Fsp3) is 0.462. The first-order chi connectivity index (χ1) is 8.63. The highest BCUT2D eigenvalue weighted by Crippen LogP contribution is 2.13. The van der Waals surface area contributed by atoms with E-state index >= 15 is 0 Å². The second-order valence-corrected chi connectivity index (χ2v) is 4.79. The Kier molecular flexibility index (Phi) is 6.44. The van der Waals surface area contributed by atoms with Crippen LogP contribution in [0.5, 0.6) is 0 Å². The Labute approximate surface area is 112 Å². The van der Waals surface area contributed by atoms with E-state index < -0.39 is 0 Å². The van der Waals surface area contributed by atoms with Crippen molar-refractivity contribution in [3.63, 3.8) is 0 Å². The van der Waals surface area contributed by atoms with Gasteiger partial charge in [-0.2, -0.15) is 0 Å². The van der Waals surface area contributed by atoms with E-state index in [-0.39, 0.29) is 12.0 Å². The summed E-state index contributed by atoms with van der Waals surface area (Å²) in [5.74, 6) is 5.56. The lowest BCUT2D eigenvalue weighted by Gasteiger charge is -2.07. The lowest BCUT2D eigenvalue weighted by atomic mass is 10.3. The summed E-state index contributed by atoms with van der Waals surface area (Å²) in [4.78, 5) is 12.6. The molecule has 0 unspecified atom stereocenters. The molecule has 5 heteroatoms. The minimum absolute atomic E-state index is 0.0978. The third-order valence-electron chi connectivity index (χ3n) is 2.01. The van der Waals surface area contributed by atoms with Crippen LogP contribution in [0.2, 0.25) is 0 Å². The molecule has 0 aromatic carbocycles. The summed E-state index contributed by atoms with van der Waals surface area (Å²) in [6.07, 6.45) is 0.182. The molecule has 0 fully saturated rings. The number of hydrogen-bond acceptors (Lipinski definition) is 4. The zero-order valence-corrected chi connectivity index (χ0v) is 11.5. The molecule has 1 aromatic heterocycles. The van der Waals surface area contributed by atoms with Crippen LogP contribution in [0.4, 0.5) is 0 Å². The third-order valence-corrected chi connectivity index (χ3v) is 2.86. The molecular formula is C13H18N2O2S. The summed E-state index contributed by atoms with van der Waals surface area (Å²) in [6, 6.07) is 1.77. The van der Waals surface area contributed by atoms with E-state index in [0.29, 0.717) is 25.3 Å². The molecule has 0 spiro atoms. The molecule has 1 amide bonds. The topological polar surface area (TPSA) is 64.3 Å². The fourth-order valence-electron chi connectivity index (χ4n) is 1.22. The van der Waals surface area contributed by atoms with Crippen LogP contribution in [0, 0.1) is 11.8 Å². The van der Waals surface area contributed by atoms with Crippen LogP contribution in [0.25, 0.3) is 0 Å². The van der Waals surface area contributed by atoms with Gasteiger partial charge in [0.15, 0.2) is 0 Å². The lowest BCUT2D eigenvalue weighted by Crippen LogP contribution is -2.27. The molecule has 98 valence electrons. The van der Waals surface area contributed by atoms with Gasteiger partial charge in [-0.05, 0) is 19.9 Å². The van der Waals surface area contributed by atoms with E-state index in [1.807, 2.05) is 13.8 Å². The Hall–Kier alpha value is -1.35. The zero-order valence-electron chi connectivity index (χ0n) is 10.7. The molecule has 18 heavy (non-hydrogen) atoms. The molecular weight excluding hydrogens is 248 g/mol. The summed E-state index contributed by atoms with van der Waals surface area (Å²) in [6.45, 7) is 5.28. The van der Waals surface area contributed by atoms with Gasteiger partial charge in [-0.3, -0.25) is 4.79 Å². The highest BCUT2D eigenvalue weighted by atomic mass is 32.1. The number of nitrogens with one attached hydrogen (secondary N) is 1. The predicted molar refractivity (Wildman–Crippen MR) is 73.7 cm³/mol. The number of carbonyl (C=O) groups excluding carboxylic acids is 1. The highest BCUT2D eigenvalue weighted by Gasteiger charge is 2.07. The minimum Gasteiger partial charge on any atom is -0.377 e. The van der Waals surface area contributed by atoms with Crippen molar-refractivity contribution in [3.8, 4) is 11.8 Å². The van der Waals surface area contributed by atoms with Crippen molar-refractivity contribution in [2.24, 2.45) is 5.73 Å². The fourth-order valence-corrected chi connectivity index (χ4v) is 1.98. The van der Waals surface area contributed by atoms with Gasteiger partial charge < -0.3 is 15.8 Å². The summed E-state index contributed by atoms with van der Waals surface area (Å²) in [5, 5.41) is 4.58. The summed E-state index contributed by atoms with van der Waals surface area (Å²) in [7, 11) is 0. The average molecular weight is 266 g/mol. The van der Waals surface area contributed by atoms with Crippen LogP contribution in [0.1, 0.15) is 29.1 Å². The van der Waals surface area contributed by atoms with E-state index in [1.165, 1.54) is 11.3 Å². The molecule has 0 saturated heterocycles. The van der Waals surface area contributed by atoms with E-state index in [1.54, 1.807) is 11.4 Å². The number of carbonyl (C=O) groups is 1. The standard InChI is InChI=1S/C13H18N2O2S/c1-10(2)17-7-6-15-13(16)11-8-12(18-9-11)4-3-5-14/h8-10H,5-7,14H2,1-2H3,(H,15,16). The van der Waals surface area contributed by atoms with Crippen molar-refractivity contribution in [2.45, 2.75) is 20.0 Å². The maximum atomic E-state index is 11.7. The van der Waals surface area contributed by atoms with Gasteiger partial charge in [0.2, 0.25) is 0 Å². The van der Waals surface area contributed by atoms with Gasteiger partial charge in [0.1, 0.15) is 0 Å². The van der Waals surface area contributed by atoms with Crippen molar-refractivity contribution < 1.29 is 9.53 Å². The van der Waals surface area contributed by atoms with Crippen molar-refractivity contribution in [2.75, 3.05) is 19.7 Å². The molecule has 0 atom stereocenters. The monoisotopic (exact) mass is 266 g/mol. The maximum Gasteiger partial charge on any atom is 0.252 e. The maximum absolute atomic E-state index is 11.7. The van der Waals surface area contributed by atoms with E-state index in [4.69, 9.17) is 10.5 Å². The Bertz CT molecular complexity index is 443. The number of thiophene rings is 1. The SMILES string of the molecule is CC(C)OCCNC(=O)c1csc(C#CCN)c1. The van der Waals surface area contributed by atoms with Gasteiger partial charge in [-0.15, -0.1) is 11.3 Å². The first-order valence-corrected chi connectivity index (χ1v) is 6.68. The summed E-state index contributed by atoms with van der Waals surface area (Å²) < 4.78 is 5.34. The molecule has 0 saturated carbocycles. The normalized spacial score (nSPS) is 10.0. The molecule has 0 aliphatic heterocycles. The van der Waals surface area contributed by atoms with E-state index in [0.717, 1.165) is 4.88 Å². The van der Waals surface area contributed by atoms with Gasteiger partial charge in [0, 0.05) is 11.9 Å². The quantitative estimate of drug-likeness (QED) is 0.622. The van der Waals surface area contributed by atoms with Crippen LogP contribution in [0.3, 0.4) is 0 Å². The second kappa shape index (κ2) is 7.88. The number of amides is 1. The van der Waals surface area contributed by atoms with Gasteiger partial charge in [0.05, 0.1) is 29.7 Å². The largest absolute Gasteiger partial charge is 0.377 e. The first kappa shape index (κ1) is 14.7.